The third-order valence-electron chi connectivity index (χ3n) is 5.65. The van der Waals surface area contributed by atoms with Crippen molar-refractivity contribution in [3.63, 3.8) is 0 Å². The van der Waals surface area contributed by atoms with Gasteiger partial charge in [-0.25, -0.2) is 4.98 Å². The Bertz CT molecular complexity index is 934. The Hall–Kier alpha value is -2.94. The smallest absolute Gasteiger partial charge is 0.270 e. The molecule has 0 bridgehead atoms. The second kappa shape index (κ2) is 6.90. The first-order valence-electron chi connectivity index (χ1n) is 9.57. The molecule has 2 amide bonds. The number of rotatable bonds is 4. The van der Waals surface area contributed by atoms with Gasteiger partial charge >= 0.3 is 0 Å². The van der Waals surface area contributed by atoms with E-state index in [4.69, 9.17) is 11.5 Å². The van der Waals surface area contributed by atoms with Gasteiger partial charge in [-0.3, -0.25) is 14.3 Å². The van der Waals surface area contributed by atoms with Crippen molar-refractivity contribution in [1.29, 1.82) is 0 Å². The lowest BCUT2D eigenvalue weighted by molar-refractivity contribution is 0.0960. The first-order valence-corrected chi connectivity index (χ1v) is 9.57. The van der Waals surface area contributed by atoms with Gasteiger partial charge in [0.2, 0.25) is 0 Å². The second-order valence-electron chi connectivity index (χ2n) is 7.90. The molecule has 2 unspecified atom stereocenters. The van der Waals surface area contributed by atoms with E-state index in [0.29, 0.717) is 29.3 Å². The number of carbonyl (C=O) groups excluding carboxylic acids is 2. The molecule has 1 aliphatic carbocycles. The van der Waals surface area contributed by atoms with Crippen LogP contribution in [0.3, 0.4) is 0 Å². The minimum Gasteiger partial charge on any atom is -0.365 e. The average molecular weight is 383 g/mol. The lowest BCUT2D eigenvalue weighted by Gasteiger charge is -2.32. The Morgan fingerprint density at radius 2 is 2.21 bits per heavy atom. The monoisotopic (exact) mass is 383 g/mol. The quantitative estimate of drug-likeness (QED) is 0.591. The first kappa shape index (κ1) is 18.4. The van der Waals surface area contributed by atoms with E-state index in [-0.39, 0.29) is 11.9 Å². The number of anilines is 2. The van der Waals surface area contributed by atoms with Gasteiger partial charge in [0, 0.05) is 23.8 Å². The second-order valence-corrected chi connectivity index (χ2v) is 7.90. The molecule has 1 aliphatic heterocycles. The number of hydrogen-bond acceptors (Lipinski definition) is 6. The van der Waals surface area contributed by atoms with Gasteiger partial charge in [-0.1, -0.05) is 19.3 Å². The standard InChI is InChI=1S/C19H25N7O2/c1-19(21)6-4-2-3-5-14(19)26-10-13(16(20)27)17(25-26)24-12-7-11-8-23-18(28)15(11)22-9-12/h7,9-10,14H,2-6,8,21H2,1H3,(H2,20,27)(H,23,28)(H,24,25). The number of carbonyl (C=O) groups is 2. The highest BCUT2D eigenvalue weighted by Crippen LogP contribution is 2.35. The van der Waals surface area contributed by atoms with Crippen molar-refractivity contribution < 1.29 is 9.59 Å². The molecule has 0 spiro atoms. The van der Waals surface area contributed by atoms with Gasteiger partial charge in [0.25, 0.3) is 11.8 Å². The first-order chi connectivity index (χ1) is 13.3. The lowest BCUT2D eigenvalue weighted by atomic mass is 9.89. The maximum Gasteiger partial charge on any atom is 0.270 e. The molecule has 2 atom stereocenters. The predicted molar refractivity (Wildman–Crippen MR) is 104 cm³/mol. The van der Waals surface area contributed by atoms with Gasteiger partial charge in [-0.05, 0) is 25.8 Å². The number of aromatic nitrogens is 3. The van der Waals surface area contributed by atoms with Crippen molar-refractivity contribution in [2.75, 3.05) is 5.32 Å². The van der Waals surface area contributed by atoms with Crippen LogP contribution in [0.2, 0.25) is 0 Å². The third-order valence-corrected chi connectivity index (χ3v) is 5.65. The van der Waals surface area contributed by atoms with Gasteiger partial charge in [0.05, 0.1) is 17.9 Å². The number of nitrogens with one attached hydrogen (secondary N) is 2. The van der Waals surface area contributed by atoms with E-state index in [9.17, 15) is 9.59 Å². The van der Waals surface area contributed by atoms with Gasteiger partial charge in [-0.2, -0.15) is 5.10 Å². The van der Waals surface area contributed by atoms with E-state index in [0.717, 1.165) is 37.7 Å². The van der Waals surface area contributed by atoms with E-state index in [1.807, 2.05) is 13.0 Å². The fraction of sp³-hybridized carbons (Fsp3) is 0.474. The highest BCUT2D eigenvalue weighted by Gasteiger charge is 2.34. The van der Waals surface area contributed by atoms with Crippen molar-refractivity contribution >= 4 is 23.3 Å². The Kier molecular flexibility index (Phi) is 4.54. The summed E-state index contributed by atoms with van der Waals surface area (Å²) in [5, 5.41) is 10.5. The van der Waals surface area contributed by atoms with Gasteiger partial charge in [0.15, 0.2) is 5.82 Å². The van der Waals surface area contributed by atoms with Crippen LogP contribution in [0, 0.1) is 0 Å². The summed E-state index contributed by atoms with van der Waals surface area (Å²) in [7, 11) is 0. The van der Waals surface area contributed by atoms with Gasteiger partial charge < -0.3 is 22.1 Å². The summed E-state index contributed by atoms with van der Waals surface area (Å²) in [6.45, 7) is 2.47. The molecule has 28 heavy (non-hydrogen) atoms. The minimum atomic E-state index is -0.563. The molecular formula is C19H25N7O2. The van der Waals surface area contributed by atoms with E-state index >= 15 is 0 Å². The Morgan fingerprint density at radius 3 is 3.00 bits per heavy atom. The Morgan fingerprint density at radius 1 is 1.39 bits per heavy atom. The van der Waals surface area contributed by atoms with Crippen molar-refractivity contribution in [2.45, 2.75) is 57.2 Å². The lowest BCUT2D eigenvalue weighted by Crippen LogP contribution is -2.44. The molecular weight excluding hydrogens is 358 g/mol. The van der Waals surface area contributed by atoms with E-state index in [1.165, 1.54) is 0 Å². The van der Waals surface area contributed by atoms with Crippen LogP contribution in [-0.4, -0.2) is 32.1 Å². The third kappa shape index (κ3) is 3.33. The summed E-state index contributed by atoms with van der Waals surface area (Å²) in [4.78, 5) is 27.9. The molecule has 0 radical (unpaired) electrons. The molecule has 1 fully saturated rings. The van der Waals surface area contributed by atoms with Crippen LogP contribution >= 0.6 is 0 Å². The number of hydrogen-bond donors (Lipinski definition) is 4. The SMILES string of the molecule is CC1(N)CCCCCC1n1cc(C(N)=O)c(Nc2cnc3c(c2)CNC3=O)n1. The molecule has 0 aromatic carbocycles. The molecule has 2 aliphatic rings. The summed E-state index contributed by atoms with van der Waals surface area (Å²) in [6.07, 6.45) is 8.34. The fourth-order valence-corrected chi connectivity index (χ4v) is 4.09. The number of primary amides is 1. The topological polar surface area (TPSA) is 141 Å². The molecule has 0 saturated heterocycles. The summed E-state index contributed by atoms with van der Waals surface area (Å²) in [5.41, 5.74) is 13.9. The molecule has 3 heterocycles. The Labute approximate surface area is 162 Å². The number of nitrogens with two attached hydrogens (primary N) is 2. The van der Waals surface area contributed by atoms with Crippen LogP contribution < -0.4 is 22.1 Å². The number of nitrogens with zero attached hydrogens (tertiary/aromatic N) is 3. The van der Waals surface area contributed by atoms with Crippen LogP contribution in [0.15, 0.2) is 18.5 Å². The highest BCUT2D eigenvalue weighted by atomic mass is 16.2. The van der Waals surface area contributed by atoms with Crippen molar-refractivity contribution in [2.24, 2.45) is 11.5 Å². The van der Waals surface area contributed by atoms with Crippen LogP contribution in [0.25, 0.3) is 0 Å². The maximum atomic E-state index is 12.0. The molecule has 1 saturated carbocycles. The van der Waals surface area contributed by atoms with Crippen LogP contribution in [0.5, 0.6) is 0 Å². The zero-order valence-corrected chi connectivity index (χ0v) is 15.9. The largest absolute Gasteiger partial charge is 0.365 e. The Balaban J connectivity index is 1.66. The summed E-state index contributed by atoms with van der Waals surface area (Å²) in [6, 6.07) is 1.81. The molecule has 2 aromatic heterocycles. The zero-order valence-electron chi connectivity index (χ0n) is 15.9. The molecule has 9 heteroatoms. The van der Waals surface area contributed by atoms with Gasteiger partial charge in [0.1, 0.15) is 11.3 Å². The van der Waals surface area contributed by atoms with Gasteiger partial charge in [-0.15, -0.1) is 0 Å². The zero-order chi connectivity index (χ0) is 19.9. The fourth-order valence-electron chi connectivity index (χ4n) is 4.09. The summed E-state index contributed by atoms with van der Waals surface area (Å²) >= 11 is 0. The number of amides is 2. The summed E-state index contributed by atoms with van der Waals surface area (Å²) < 4.78 is 1.78. The van der Waals surface area contributed by atoms with Crippen LogP contribution in [0.1, 0.15) is 71.5 Å². The van der Waals surface area contributed by atoms with Crippen LogP contribution in [0.4, 0.5) is 11.5 Å². The molecule has 9 nitrogen and oxygen atoms in total. The minimum absolute atomic E-state index is 0.0105. The van der Waals surface area contributed by atoms with E-state index in [1.54, 1.807) is 17.1 Å². The number of fused-ring (bicyclic) bond motifs is 1. The average Bonchev–Trinajstić information content (AvgIpc) is 3.16. The van der Waals surface area contributed by atoms with Crippen molar-refractivity contribution in [1.82, 2.24) is 20.1 Å². The molecule has 2 aromatic rings. The molecule has 6 N–H and O–H groups in total. The summed E-state index contributed by atoms with van der Waals surface area (Å²) in [5.74, 6) is -0.377. The van der Waals surface area contributed by atoms with Crippen LogP contribution in [-0.2, 0) is 6.54 Å². The maximum absolute atomic E-state index is 12.0. The molecule has 148 valence electrons. The van der Waals surface area contributed by atoms with E-state index in [2.05, 4.69) is 20.7 Å². The predicted octanol–water partition coefficient (Wildman–Crippen LogP) is 1.59. The molecule has 4 rings (SSSR count). The highest BCUT2D eigenvalue weighted by molar-refractivity contribution is 5.98. The van der Waals surface area contributed by atoms with E-state index < -0.39 is 11.4 Å². The number of pyridine rings is 1. The normalized spacial score (nSPS) is 24.4. The van der Waals surface area contributed by atoms with Crippen molar-refractivity contribution in [3.8, 4) is 0 Å². The van der Waals surface area contributed by atoms with Crippen molar-refractivity contribution in [3.05, 3.63) is 35.3 Å².